The Hall–Kier alpha value is -3.26. The second kappa shape index (κ2) is 9.44. The van der Waals surface area contributed by atoms with Crippen LogP contribution in [0.15, 0.2) is 48.5 Å². The van der Waals surface area contributed by atoms with Crippen LogP contribution in [-0.4, -0.2) is 37.1 Å². The number of ether oxygens (including phenoxy) is 1. The fourth-order valence-electron chi connectivity index (χ4n) is 2.19. The second-order valence-electron chi connectivity index (χ2n) is 5.52. The van der Waals surface area contributed by atoms with E-state index in [0.29, 0.717) is 23.2 Å². The molecule has 0 bridgehead atoms. The maximum absolute atomic E-state index is 12.2. The minimum absolute atomic E-state index is 0.0725. The average molecular weight is 385 g/mol. The average Bonchev–Trinajstić information content (AvgIpc) is 2.68. The van der Waals surface area contributed by atoms with Crippen molar-refractivity contribution < 1.29 is 19.1 Å². The number of nitrogens with one attached hydrogen (secondary N) is 3. The summed E-state index contributed by atoms with van der Waals surface area (Å²) in [5.74, 6) is -0.948. The van der Waals surface area contributed by atoms with Crippen LogP contribution in [0, 0.1) is 0 Å². The van der Waals surface area contributed by atoms with Gasteiger partial charge in [-0.25, -0.2) is 4.79 Å². The molecule has 2 amide bonds. The molecule has 0 radical (unpaired) electrons. The van der Waals surface area contributed by atoms with E-state index in [0.717, 1.165) is 5.56 Å². The number of anilines is 1. The summed E-state index contributed by atoms with van der Waals surface area (Å²) in [7, 11) is 2.88. The summed E-state index contributed by atoms with van der Waals surface area (Å²) in [6.45, 7) is 0. The third kappa shape index (κ3) is 5.89. The van der Waals surface area contributed by atoms with Crippen LogP contribution in [0.25, 0.3) is 0 Å². The molecule has 0 aromatic heterocycles. The van der Waals surface area contributed by atoms with Crippen molar-refractivity contribution in [2.24, 2.45) is 0 Å². The van der Waals surface area contributed by atoms with Crippen molar-refractivity contribution >= 4 is 40.8 Å². The third-order valence-corrected chi connectivity index (χ3v) is 3.85. The molecule has 0 heterocycles. The Bertz CT molecular complexity index is 848. The second-order valence-corrected chi connectivity index (χ2v) is 5.93. The van der Waals surface area contributed by atoms with Crippen molar-refractivity contribution in [2.75, 3.05) is 19.5 Å². The van der Waals surface area contributed by atoms with Crippen molar-refractivity contribution in [3.63, 3.8) is 0 Å². The number of carbonyl (C=O) groups excluding carboxylic acids is 3. The monoisotopic (exact) mass is 385 g/mol. The molecular weight excluding hydrogens is 366 g/mol. The predicted octanol–water partition coefficient (Wildman–Crippen LogP) is 1.89. The highest BCUT2D eigenvalue weighted by Crippen LogP contribution is 2.10. The van der Waals surface area contributed by atoms with Crippen molar-refractivity contribution in [2.45, 2.75) is 6.42 Å². The van der Waals surface area contributed by atoms with Gasteiger partial charge in [0.25, 0.3) is 5.91 Å². The molecular formula is C19H19N3O4S. The molecule has 2 rings (SSSR count). The molecule has 0 aliphatic carbocycles. The van der Waals surface area contributed by atoms with Crippen LogP contribution in [0.2, 0.25) is 0 Å². The summed E-state index contributed by atoms with van der Waals surface area (Å²) < 4.78 is 4.61. The van der Waals surface area contributed by atoms with Gasteiger partial charge in [-0.2, -0.15) is 0 Å². The zero-order valence-corrected chi connectivity index (χ0v) is 15.7. The van der Waals surface area contributed by atoms with Crippen molar-refractivity contribution in [1.82, 2.24) is 10.6 Å². The van der Waals surface area contributed by atoms with Crippen LogP contribution >= 0.6 is 12.2 Å². The fraction of sp³-hybridized carbons (Fsp3) is 0.158. The smallest absolute Gasteiger partial charge is 0.337 e. The number of carbonyl (C=O) groups is 3. The van der Waals surface area contributed by atoms with Gasteiger partial charge in [-0.15, -0.1) is 0 Å². The number of rotatable bonds is 5. The summed E-state index contributed by atoms with van der Waals surface area (Å²) in [4.78, 5) is 35.0. The van der Waals surface area contributed by atoms with E-state index in [4.69, 9.17) is 12.2 Å². The first kappa shape index (κ1) is 20.1. The molecule has 8 heteroatoms. The number of methoxy groups -OCH3 is 1. The van der Waals surface area contributed by atoms with Gasteiger partial charge >= 0.3 is 5.97 Å². The van der Waals surface area contributed by atoms with E-state index in [1.54, 1.807) is 31.3 Å². The lowest BCUT2D eigenvalue weighted by atomic mass is 10.1. The van der Waals surface area contributed by atoms with E-state index >= 15 is 0 Å². The Kier molecular flexibility index (Phi) is 7.01. The lowest BCUT2D eigenvalue weighted by Crippen LogP contribution is -2.34. The maximum atomic E-state index is 12.2. The zero-order valence-electron chi connectivity index (χ0n) is 14.9. The predicted molar refractivity (Wildman–Crippen MR) is 106 cm³/mol. The molecule has 0 atom stereocenters. The number of esters is 1. The third-order valence-electron chi connectivity index (χ3n) is 3.65. The van der Waals surface area contributed by atoms with E-state index in [2.05, 4.69) is 20.7 Å². The Balaban J connectivity index is 1.92. The Morgan fingerprint density at radius 3 is 2.11 bits per heavy atom. The number of thiocarbonyl (C=S) groups is 1. The first-order chi connectivity index (χ1) is 12.9. The molecule has 0 spiro atoms. The SMILES string of the molecule is CNC(=O)Cc1ccc(NC(=S)NC(=O)c2ccc(C(=O)OC)cc2)cc1. The van der Waals surface area contributed by atoms with Crippen LogP contribution in [0.5, 0.6) is 0 Å². The minimum Gasteiger partial charge on any atom is -0.465 e. The summed E-state index contributed by atoms with van der Waals surface area (Å²) in [5, 5.41) is 8.16. The zero-order chi connectivity index (χ0) is 19.8. The van der Waals surface area contributed by atoms with Crippen LogP contribution in [0.3, 0.4) is 0 Å². The van der Waals surface area contributed by atoms with Crippen LogP contribution in [0.4, 0.5) is 5.69 Å². The molecule has 0 fully saturated rings. The van der Waals surface area contributed by atoms with E-state index in [9.17, 15) is 14.4 Å². The number of likely N-dealkylation sites (N-methyl/N-ethyl adjacent to an activating group) is 1. The van der Waals surface area contributed by atoms with Gasteiger partial charge < -0.3 is 15.4 Å². The molecule has 0 aliphatic heterocycles. The van der Waals surface area contributed by atoms with E-state index in [1.807, 2.05) is 0 Å². The number of amides is 2. The maximum Gasteiger partial charge on any atom is 0.337 e. The van der Waals surface area contributed by atoms with Crippen LogP contribution < -0.4 is 16.0 Å². The lowest BCUT2D eigenvalue weighted by Gasteiger charge is -2.10. The molecule has 0 saturated heterocycles. The first-order valence-corrected chi connectivity index (χ1v) is 8.44. The lowest BCUT2D eigenvalue weighted by molar-refractivity contribution is -0.119. The summed E-state index contributed by atoms with van der Waals surface area (Å²) >= 11 is 5.14. The van der Waals surface area contributed by atoms with Crippen LogP contribution in [-0.2, 0) is 16.0 Å². The van der Waals surface area contributed by atoms with Crippen molar-refractivity contribution in [3.05, 3.63) is 65.2 Å². The molecule has 0 unspecified atom stereocenters. The normalized spacial score (nSPS) is 9.85. The minimum atomic E-state index is -0.473. The summed E-state index contributed by atoms with van der Waals surface area (Å²) in [6.07, 6.45) is 0.291. The highest BCUT2D eigenvalue weighted by Gasteiger charge is 2.10. The van der Waals surface area contributed by atoms with E-state index < -0.39 is 11.9 Å². The molecule has 0 saturated carbocycles. The largest absolute Gasteiger partial charge is 0.465 e. The van der Waals surface area contributed by atoms with Gasteiger partial charge in [0.05, 0.1) is 19.1 Å². The molecule has 7 nitrogen and oxygen atoms in total. The van der Waals surface area contributed by atoms with Gasteiger partial charge in [-0.05, 0) is 54.2 Å². The quantitative estimate of drug-likeness (QED) is 0.537. The summed E-state index contributed by atoms with van der Waals surface area (Å²) in [6, 6.07) is 13.2. The van der Waals surface area contributed by atoms with Crippen LogP contribution in [0.1, 0.15) is 26.3 Å². The van der Waals surface area contributed by atoms with Gasteiger partial charge in [0, 0.05) is 18.3 Å². The highest BCUT2D eigenvalue weighted by atomic mass is 32.1. The van der Waals surface area contributed by atoms with Gasteiger partial charge in [0.2, 0.25) is 5.91 Å². The topological polar surface area (TPSA) is 96.5 Å². The fourth-order valence-corrected chi connectivity index (χ4v) is 2.40. The van der Waals surface area contributed by atoms with Crippen molar-refractivity contribution in [3.8, 4) is 0 Å². The Morgan fingerprint density at radius 1 is 0.963 bits per heavy atom. The van der Waals surface area contributed by atoms with E-state index in [1.165, 1.54) is 31.4 Å². The number of benzene rings is 2. The molecule has 2 aromatic rings. The van der Waals surface area contributed by atoms with Crippen molar-refractivity contribution in [1.29, 1.82) is 0 Å². The Morgan fingerprint density at radius 2 is 1.56 bits per heavy atom. The van der Waals surface area contributed by atoms with Gasteiger partial charge in [-0.1, -0.05) is 12.1 Å². The van der Waals surface area contributed by atoms with Gasteiger partial charge in [0.15, 0.2) is 5.11 Å². The van der Waals surface area contributed by atoms with Gasteiger partial charge in [0.1, 0.15) is 0 Å². The van der Waals surface area contributed by atoms with Gasteiger partial charge in [-0.3, -0.25) is 14.9 Å². The summed E-state index contributed by atoms with van der Waals surface area (Å²) in [5.41, 5.74) is 2.25. The van der Waals surface area contributed by atoms with E-state index in [-0.39, 0.29) is 11.0 Å². The molecule has 27 heavy (non-hydrogen) atoms. The highest BCUT2D eigenvalue weighted by molar-refractivity contribution is 7.80. The molecule has 3 N–H and O–H groups in total. The standard InChI is InChI=1S/C19H19N3O4S/c1-20-16(23)11-12-3-9-15(10-4-12)21-19(27)22-17(24)13-5-7-14(8-6-13)18(25)26-2/h3-10H,11H2,1-2H3,(H,20,23)(H2,21,22,24,27). The molecule has 2 aromatic carbocycles. The Labute approximate surface area is 162 Å². The first-order valence-electron chi connectivity index (χ1n) is 8.03. The molecule has 140 valence electrons. The number of hydrogen-bond donors (Lipinski definition) is 3. The molecule has 0 aliphatic rings. The number of hydrogen-bond acceptors (Lipinski definition) is 5.